The summed E-state index contributed by atoms with van der Waals surface area (Å²) in [6.07, 6.45) is 1.60. The second-order valence-corrected chi connectivity index (χ2v) is 6.34. The molecule has 1 heterocycles. The highest BCUT2D eigenvalue weighted by atomic mass is 35.5. The van der Waals surface area contributed by atoms with Gasteiger partial charge in [0.05, 0.1) is 16.8 Å². The average Bonchev–Trinajstić information content (AvgIpc) is 2.96. The lowest BCUT2D eigenvalue weighted by molar-refractivity contribution is 0.0937. The number of nitrogens with two attached hydrogens (primary N) is 1. The number of benzene rings is 1. The van der Waals surface area contributed by atoms with E-state index in [1.54, 1.807) is 12.1 Å². The van der Waals surface area contributed by atoms with E-state index in [1.165, 1.54) is 0 Å². The van der Waals surface area contributed by atoms with Gasteiger partial charge in [-0.05, 0) is 38.8 Å². The molecule has 2 aromatic rings. The zero-order valence-electron chi connectivity index (χ0n) is 15.8. The molecule has 1 aromatic carbocycles. The number of aryl methyl sites for hydroxylation is 2. The quantitative estimate of drug-likeness (QED) is 0.729. The SMILES string of the molecule is CCC(N)(CC)CNC(=O)c1ccccc1OCc1c(C)noc1C.Cl. The van der Waals surface area contributed by atoms with Crippen molar-refractivity contribution in [2.45, 2.75) is 52.7 Å². The highest BCUT2D eigenvalue weighted by Crippen LogP contribution is 2.21. The summed E-state index contributed by atoms with van der Waals surface area (Å²) in [5.74, 6) is 1.06. The fourth-order valence-corrected chi connectivity index (χ4v) is 2.49. The molecule has 0 bridgehead atoms. The van der Waals surface area contributed by atoms with Gasteiger partial charge in [0.25, 0.3) is 5.91 Å². The zero-order valence-corrected chi connectivity index (χ0v) is 16.6. The van der Waals surface area contributed by atoms with Crippen molar-refractivity contribution in [2.75, 3.05) is 6.54 Å². The number of hydrogen-bond donors (Lipinski definition) is 2. The number of rotatable bonds is 8. The van der Waals surface area contributed by atoms with Crippen molar-refractivity contribution in [3.05, 3.63) is 46.8 Å². The molecular formula is C19H28ClN3O3. The molecule has 6 nitrogen and oxygen atoms in total. The normalized spacial score (nSPS) is 11.0. The Kier molecular flexibility index (Phi) is 8.11. The zero-order chi connectivity index (χ0) is 18.4. The first-order valence-corrected chi connectivity index (χ1v) is 8.61. The van der Waals surface area contributed by atoms with Crippen LogP contribution < -0.4 is 15.8 Å². The summed E-state index contributed by atoms with van der Waals surface area (Å²) < 4.78 is 11.0. The Bertz CT molecular complexity index is 707. The van der Waals surface area contributed by atoms with Gasteiger partial charge in [-0.3, -0.25) is 4.79 Å². The molecule has 26 heavy (non-hydrogen) atoms. The summed E-state index contributed by atoms with van der Waals surface area (Å²) in [4.78, 5) is 12.6. The van der Waals surface area contributed by atoms with E-state index in [2.05, 4.69) is 10.5 Å². The Labute approximate surface area is 160 Å². The third kappa shape index (κ3) is 5.22. The van der Waals surface area contributed by atoms with E-state index >= 15 is 0 Å². The smallest absolute Gasteiger partial charge is 0.255 e. The van der Waals surface area contributed by atoms with Crippen molar-refractivity contribution < 1.29 is 14.1 Å². The number of para-hydroxylation sites is 1. The predicted molar refractivity (Wildman–Crippen MR) is 104 cm³/mol. The summed E-state index contributed by atoms with van der Waals surface area (Å²) >= 11 is 0. The molecular weight excluding hydrogens is 354 g/mol. The van der Waals surface area contributed by atoms with Crippen LogP contribution in [0.5, 0.6) is 5.75 Å². The second-order valence-electron chi connectivity index (χ2n) is 6.34. The fourth-order valence-electron chi connectivity index (χ4n) is 2.49. The summed E-state index contributed by atoms with van der Waals surface area (Å²) in [7, 11) is 0. The Morgan fingerprint density at radius 2 is 1.92 bits per heavy atom. The third-order valence-electron chi connectivity index (χ3n) is 4.69. The van der Waals surface area contributed by atoms with Gasteiger partial charge < -0.3 is 20.3 Å². The van der Waals surface area contributed by atoms with E-state index in [-0.39, 0.29) is 23.9 Å². The first kappa shape index (κ1) is 22.0. The lowest BCUT2D eigenvalue weighted by Crippen LogP contribution is -2.49. The van der Waals surface area contributed by atoms with E-state index in [0.717, 1.165) is 29.9 Å². The number of aromatic nitrogens is 1. The van der Waals surface area contributed by atoms with E-state index in [0.29, 0.717) is 24.5 Å². The monoisotopic (exact) mass is 381 g/mol. The van der Waals surface area contributed by atoms with Crippen LogP contribution in [-0.4, -0.2) is 23.1 Å². The summed E-state index contributed by atoms with van der Waals surface area (Å²) in [6.45, 7) is 8.48. The van der Waals surface area contributed by atoms with Gasteiger partial charge in [0.2, 0.25) is 0 Å². The van der Waals surface area contributed by atoms with Crippen molar-refractivity contribution in [1.29, 1.82) is 0 Å². The number of nitrogens with zero attached hydrogens (tertiary/aromatic N) is 1. The van der Waals surface area contributed by atoms with Crippen molar-refractivity contribution in [2.24, 2.45) is 5.73 Å². The molecule has 0 fully saturated rings. The maximum absolute atomic E-state index is 12.6. The van der Waals surface area contributed by atoms with Gasteiger partial charge in [-0.1, -0.05) is 31.1 Å². The van der Waals surface area contributed by atoms with Gasteiger partial charge in [0.15, 0.2) is 0 Å². The van der Waals surface area contributed by atoms with Crippen molar-refractivity contribution in [3.63, 3.8) is 0 Å². The van der Waals surface area contributed by atoms with Gasteiger partial charge >= 0.3 is 0 Å². The van der Waals surface area contributed by atoms with Crippen LogP contribution in [0.3, 0.4) is 0 Å². The van der Waals surface area contributed by atoms with Gasteiger partial charge in [-0.25, -0.2) is 0 Å². The van der Waals surface area contributed by atoms with E-state index in [1.807, 2.05) is 39.8 Å². The minimum absolute atomic E-state index is 0. The Balaban J connectivity index is 0.00000338. The molecule has 1 amide bonds. The number of amides is 1. The van der Waals surface area contributed by atoms with Crippen LogP contribution in [0.25, 0.3) is 0 Å². The highest BCUT2D eigenvalue weighted by molar-refractivity contribution is 5.96. The molecule has 1 aromatic heterocycles. The number of nitrogens with one attached hydrogen (secondary N) is 1. The van der Waals surface area contributed by atoms with E-state index < -0.39 is 0 Å². The summed E-state index contributed by atoms with van der Waals surface area (Å²) in [5.41, 5.74) is 8.04. The van der Waals surface area contributed by atoms with Crippen LogP contribution in [0.2, 0.25) is 0 Å². The Hall–Kier alpha value is -2.05. The van der Waals surface area contributed by atoms with Gasteiger partial charge in [-0.2, -0.15) is 0 Å². The van der Waals surface area contributed by atoms with Gasteiger partial charge in [-0.15, -0.1) is 12.4 Å². The largest absolute Gasteiger partial charge is 0.488 e. The minimum atomic E-state index is -0.387. The number of carbonyl (C=O) groups is 1. The van der Waals surface area contributed by atoms with Crippen molar-refractivity contribution in [3.8, 4) is 5.75 Å². The molecule has 3 N–H and O–H groups in total. The second kappa shape index (κ2) is 9.59. The van der Waals surface area contributed by atoms with Gasteiger partial charge in [0, 0.05) is 12.1 Å². The molecule has 0 atom stereocenters. The molecule has 0 saturated heterocycles. The average molecular weight is 382 g/mol. The molecule has 144 valence electrons. The minimum Gasteiger partial charge on any atom is -0.488 e. The number of ether oxygens (including phenoxy) is 1. The van der Waals surface area contributed by atoms with Crippen LogP contribution >= 0.6 is 12.4 Å². The van der Waals surface area contributed by atoms with E-state index in [4.69, 9.17) is 15.0 Å². The molecule has 0 saturated carbocycles. The predicted octanol–water partition coefficient (Wildman–Crippen LogP) is 3.54. The standard InChI is InChI=1S/C19H27N3O3.ClH/c1-5-19(20,6-2)12-21-18(23)15-9-7-8-10-17(15)24-11-16-13(3)22-25-14(16)4;/h7-10H,5-6,11-12,20H2,1-4H3,(H,21,23);1H. The van der Waals surface area contributed by atoms with Crippen LogP contribution in [-0.2, 0) is 6.61 Å². The molecule has 0 aliphatic carbocycles. The topological polar surface area (TPSA) is 90.4 Å². The molecule has 0 radical (unpaired) electrons. The van der Waals surface area contributed by atoms with Crippen LogP contribution in [0, 0.1) is 13.8 Å². The number of carbonyl (C=O) groups excluding carboxylic acids is 1. The number of halogens is 1. The Morgan fingerprint density at radius 3 is 2.50 bits per heavy atom. The molecule has 0 unspecified atom stereocenters. The number of hydrogen-bond acceptors (Lipinski definition) is 5. The molecule has 0 aliphatic heterocycles. The Morgan fingerprint density at radius 1 is 1.27 bits per heavy atom. The van der Waals surface area contributed by atoms with Crippen LogP contribution in [0.15, 0.2) is 28.8 Å². The van der Waals surface area contributed by atoms with Crippen molar-refractivity contribution >= 4 is 18.3 Å². The third-order valence-corrected chi connectivity index (χ3v) is 4.69. The summed E-state index contributed by atoms with van der Waals surface area (Å²) in [6, 6.07) is 7.17. The molecule has 7 heteroatoms. The maximum Gasteiger partial charge on any atom is 0.255 e. The summed E-state index contributed by atoms with van der Waals surface area (Å²) in [5, 5.41) is 6.84. The molecule has 0 aliphatic rings. The lowest BCUT2D eigenvalue weighted by atomic mass is 9.94. The first-order chi connectivity index (χ1) is 11.9. The van der Waals surface area contributed by atoms with Crippen molar-refractivity contribution in [1.82, 2.24) is 10.5 Å². The van der Waals surface area contributed by atoms with E-state index in [9.17, 15) is 4.79 Å². The lowest BCUT2D eigenvalue weighted by Gasteiger charge is -2.27. The van der Waals surface area contributed by atoms with Crippen LogP contribution in [0.4, 0.5) is 0 Å². The maximum atomic E-state index is 12.6. The first-order valence-electron chi connectivity index (χ1n) is 8.61. The van der Waals surface area contributed by atoms with Gasteiger partial charge in [0.1, 0.15) is 18.1 Å². The molecule has 0 spiro atoms. The van der Waals surface area contributed by atoms with Crippen LogP contribution in [0.1, 0.15) is 54.1 Å². The highest BCUT2D eigenvalue weighted by Gasteiger charge is 2.22. The fraction of sp³-hybridized carbons (Fsp3) is 0.474. The molecule has 2 rings (SSSR count).